The monoisotopic (exact) mass is 1530 g/mol. The Morgan fingerprint density at radius 1 is 0.291 bits per heavy atom. The number of nitrogens with zero attached hydrogens (tertiary/aromatic N) is 2. The Bertz CT molecular complexity index is 1800. The number of aliphatic hydroxyl groups is 1. The van der Waals surface area contributed by atoms with Crippen LogP contribution in [0.2, 0.25) is 72.5 Å². The van der Waals surface area contributed by atoms with Crippen LogP contribution in [-0.2, 0) is 36.8 Å². The van der Waals surface area contributed by atoms with Gasteiger partial charge in [-0.1, -0.05) is 316 Å². The second-order valence-electron chi connectivity index (χ2n) is 39.0. The Morgan fingerprint density at radius 2 is 0.476 bits per heavy atom. The molecule has 0 amide bonds. The van der Waals surface area contributed by atoms with E-state index in [1.807, 2.05) is 0 Å². The number of hydrogen-bond acceptors (Lipinski definition) is 11. The minimum atomic E-state index is -2.06. The lowest BCUT2D eigenvalue weighted by Gasteiger charge is -2.42. The van der Waals surface area contributed by atoms with Gasteiger partial charge in [0, 0.05) is 26.2 Å². The molecule has 0 saturated carbocycles. The summed E-state index contributed by atoms with van der Waals surface area (Å²) >= 11 is 0. The molecule has 0 aromatic carbocycles. The van der Waals surface area contributed by atoms with Gasteiger partial charge in [0.15, 0.2) is 33.3 Å². The van der Waals surface area contributed by atoms with Gasteiger partial charge in [-0.25, -0.2) is 0 Å². The molecule has 0 spiro atoms. The molecule has 0 aliphatic rings. The van der Waals surface area contributed by atoms with E-state index < -0.39 is 50.8 Å². The van der Waals surface area contributed by atoms with E-state index in [1.165, 1.54) is 205 Å². The highest BCUT2D eigenvalue weighted by atomic mass is 28.4. The molecular formula is C88H184N2O9Si4. The molecule has 0 radical (unpaired) electrons. The van der Waals surface area contributed by atoms with Crippen molar-refractivity contribution in [3.63, 3.8) is 0 Å². The molecule has 0 aromatic heterocycles. The van der Waals surface area contributed by atoms with E-state index >= 15 is 0 Å². The van der Waals surface area contributed by atoms with E-state index in [1.54, 1.807) is 6.92 Å². The second kappa shape index (κ2) is 55.9. The third kappa shape index (κ3) is 51.7. The topological polar surface area (TPSA) is 116 Å². The van der Waals surface area contributed by atoms with E-state index in [9.17, 15) is 14.7 Å². The first-order valence-electron chi connectivity index (χ1n) is 44.3. The average molecular weight is 1530 g/mol. The molecule has 0 aliphatic carbocycles. The fraction of sp³-hybridized carbons (Fsp3) is 0.977. The predicted molar refractivity (Wildman–Crippen MR) is 460 cm³/mol. The quantitative estimate of drug-likeness (QED) is 0.0356. The van der Waals surface area contributed by atoms with Gasteiger partial charge in [-0.3, -0.25) is 19.4 Å². The van der Waals surface area contributed by atoms with Crippen molar-refractivity contribution < 1.29 is 41.9 Å². The second-order valence-corrected chi connectivity index (χ2v) is 58.0. The predicted octanol–water partition coefficient (Wildman–Crippen LogP) is 27.2. The van der Waals surface area contributed by atoms with Gasteiger partial charge >= 0.3 is 11.9 Å². The molecule has 0 rings (SSSR count). The third-order valence-electron chi connectivity index (χ3n) is 24.2. The van der Waals surface area contributed by atoms with Gasteiger partial charge in [-0.2, -0.15) is 0 Å². The normalized spacial score (nSPS) is 15.1. The van der Waals surface area contributed by atoms with E-state index in [0.717, 1.165) is 103 Å². The van der Waals surface area contributed by atoms with Gasteiger partial charge in [0.25, 0.3) is 0 Å². The van der Waals surface area contributed by atoms with Crippen LogP contribution in [0.3, 0.4) is 0 Å². The van der Waals surface area contributed by atoms with Gasteiger partial charge in [-0.05, 0) is 157 Å². The molecule has 0 aromatic rings. The van der Waals surface area contributed by atoms with E-state index in [2.05, 4.69) is 173 Å². The smallest absolute Gasteiger partial charge is 0.308 e. The summed E-state index contributed by atoms with van der Waals surface area (Å²) in [7, 11) is -8.24. The number of unbranched alkanes of at least 4 members (excludes halogenated alkanes) is 32. The SMILES string of the molecule is CCCCCCCCCCC(CN(CCCCCOC(=O)CC(C)(O)CC(=O)OCCCCCN(CC(CCCCCCCCCC)O[Si](C)(C)C(C)(C)C)CC(CCCCCCCCCC)O[Si](C)(C)C(C)(C)C)CC(CCCCCCCCCC)O[Si](C)(C)C(C)(C)C)O[Si](C)(C)C(C)(C)C. The lowest BCUT2D eigenvalue weighted by Crippen LogP contribution is -2.50. The summed E-state index contributed by atoms with van der Waals surface area (Å²) in [4.78, 5) is 32.1. The zero-order chi connectivity index (χ0) is 78.1. The van der Waals surface area contributed by atoms with Crippen LogP contribution in [0.4, 0.5) is 0 Å². The van der Waals surface area contributed by atoms with Crippen LogP contribution >= 0.6 is 0 Å². The van der Waals surface area contributed by atoms with Gasteiger partial charge in [0.1, 0.15) is 0 Å². The lowest BCUT2D eigenvalue weighted by molar-refractivity contribution is -0.154. The van der Waals surface area contributed by atoms with Crippen LogP contribution in [0.5, 0.6) is 0 Å². The van der Waals surface area contributed by atoms with Crippen molar-refractivity contribution in [3.05, 3.63) is 0 Å². The van der Waals surface area contributed by atoms with Crippen molar-refractivity contribution in [2.24, 2.45) is 0 Å². The highest BCUT2D eigenvalue weighted by molar-refractivity contribution is 6.75. The Labute approximate surface area is 648 Å². The summed E-state index contributed by atoms with van der Waals surface area (Å²) < 4.78 is 41.2. The number of esters is 2. The van der Waals surface area contributed by atoms with Crippen molar-refractivity contribution in [2.75, 3.05) is 52.5 Å². The van der Waals surface area contributed by atoms with Crippen molar-refractivity contribution >= 4 is 45.2 Å². The molecule has 4 atom stereocenters. The van der Waals surface area contributed by atoms with Crippen LogP contribution in [0.15, 0.2) is 0 Å². The van der Waals surface area contributed by atoms with Crippen molar-refractivity contribution in [3.8, 4) is 0 Å². The number of ether oxygens (including phenoxy) is 2. The molecule has 103 heavy (non-hydrogen) atoms. The number of hydrogen-bond donors (Lipinski definition) is 1. The maximum atomic E-state index is 13.4. The molecule has 0 bridgehead atoms. The number of carbonyl (C=O) groups excluding carboxylic acids is 2. The Balaban J connectivity index is 6.21. The van der Waals surface area contributed by atoms with E-state index in [4.69, 9.17) is 27.2 Å². The highest BCUT2D eigenvalue weighted by Gasteiger charge is 2.44. The summed E-state index contributed by atoms with van der Waals surface area (Å²) in [6.45, 7) is 64.6. The van der Waals surface area contributed by atoms with Crippen molar-refractivity contribution in [2.45, 2.75) is 503 Å². The van der Waals surface area contributed by atoms with Gasteiger partial charge in [-0.15, -0.1) is 0 Å². The molecule has 0 fully saturated rings. The zero-order valence-corrected chi connectivity index (χ0v) is 78.2. The largest absolute Gasteiger partial charge is 0.466 e. The summed E-state index contributed by atoms with van der Waals surface area (Å²) in [6, 6.07) is 0. The first kappa shape index (κ1) is 103. The minimum absolute atomic E-state index is 0.121. The molecule has 11 nitrogen and oxygen atoms in total. The van der Waals surface area contributed by atoms with Crippen LogP contribution in [0, 0.1) is 0 Å². The first-order chi connectivity index (χ1) is 48.1. The number of rotatable bonds is 68. The molecular weight excluding hydrogens is 1340 g/mol. The standard InChI is InChI=1S/C88H184N2O9Si4/c1-26-30-34-38-42-46-50-56-64-78(96-100(18,19)84(5,6)7)74-89(75-79(97-101(20,21)85(8,9)10)65-57-51-47-43-39-35-31-27-2)68-60-54-62-70-94-82(91)72-88(17,93)73-83(92)95-71-63-55-61-69-90(76-80(98-102(22,23)86(11,12)13)66-58-52-48-44-40-36-32-28-3)77-81(99-103(24,25)87(14,15)16)67-59-53-49-45-41-37-33-29-4/h78-81,93H,26-77H2,1-25H3. The van der Waals surface area contributed by atoms with Crippen LogP contribution in [0.25, 0.3) is 0 Å². The maximum absolute atomic E-state index is 13.4. The molecule has 0 heterocycles. The molecule has 4 unspecified atom stereocenters. The van der Waals surface area contributed by atoms with Gasteiger partial charge in [0.2, 0.25) is 0 Å². The summed E-state index contributed by atoms with van der Waals surface area (Å²) in [5, 5.41) is 11.9. The van der Waals surface area contributed by atoms with Crippen molar-refractivity contribution in [1.82, 2.24) is 9.80 Å². The van der Waals surface area contributed by atoms with E-state index in [0.29, 0.717) is 0 Å². The van der Waals surface area contributed by atoms with Gasteiger partial charge < -0.3 is 32.3 Å². The van der Waals surface area contributed by atoms with Crippen molar-refractivity contribution in [1.29, 1.82) is 0 Å². The van der Waals surface area contributed by atoms with Crippen LogP contribution in [0.1, 0.15) is 400 Å². The summed E-state index contributed by atoms with van der Waals surface area (Å²) in [6.07, 6.45) is 51.5. The maximum Gasteiger partial charge on any atom is 0.308 e. The summed E-state index contributed by atoms with van der Waals surface area (Å²) in [5.74, 6) is -0.960. The third-order valence-corrected chi connectivity index (χ3v) is 42.4. The first-order valence-corrected chi connectivity index (χ1v) is 55.9. The lowest BCUT2D eigenvalue weighted by atomic mass is 9.98. The number of carbonyl (C=O) groups is 2. The molecule has 1 N–H and O–H groups in total. The highest BCUT2D eigenvalue weighted by Crippen LogP contribution is 2.42. The summed E-state index contributed by atoms with van der Waals surface area (Å²) in [5.41, 5.74) is -1.57. The fourth-order valence-electron chi connectivity index (χ4n) is 13.2. The fourth-order valence-corrected chi connectivity index (χ4v) is 18.7. The Morgan fingerprint density at radius 3 is 0.670 bits per heavy atom. The van der Waals surface area contributed by atoms with Crippen LogP contribution < -0.4 is 0 Å². The Kier molecular flexibility index (Phi) is 55.6. The Hall–Kier alpha value is -0.472. The minimum Gasteiger partial charge on any atom is -0.466 e. The molecule has 0 saturated heterocycles. The van der Waals surface area contributed by atoms with Gasteiger partial charge in [0.05, 0.1) is 56.1 Å². The molecule has 15 heteroatoms. The average Bonchev–Trinajstić information content (AvgIpc) is 0.842. The molecule has 616 valence electrons. The van der Waals surface area contributed by atoms with E-state index in [-0.39, 0.29) is 70.6 Å². The van der Waals surface area contributed by atoms with Crippen LogP contribution in [-0.4, -0.2) is 143 Å². The zero-order valence-electron chi connectivity index (χ0n) is 74.2. The molecule has 0 aliphatic heterocycles.